The average Bonchev–Trinajstić information content (AvgIpc) is 2.21. The third kappa shape index (κ3) is 4.06. The number of amides is 1. The van der Waals surface area contributed by atoms with Crippen molar-refractivity contribution in [1.29, 1.82) is 0 Å². The fourth-order valence-electron chi connectivity index (χ4n) is 1.19. The molecule has 0 saturated heterocycles. The molecule has 1 aromatic carbocycles. The first-order chi connectivity index (χ1) is 8.20. The lowest BCUT2D eigenvalue weighted by Gasteiger charge is -2.10. The second-order valence-corrected chi connectivity index (χ2v) is 3.91. The Morgan fingerprint density at radius 1 is 1.39 bits per heavy atom. The molecule has 0 spiro atoms. The zero-order chi connectivity index (χ0) is 13.9. The summed E-state index contributed by atoms with van der Waals surface area (Å²) in [5.41, 5.74) is 4.55. The molecule has 0 aliphatic carbocycles. The summed E-state index contributed by atoms with van der Waals surface area (Å²) in [6, 6.07) is 1.99. The summed E-state index contributed by atoms with van der Waals surface area (Å²) in [6.45, 7) is -0.615. The van der Waals surface area contributed by atoms with E-state index in [4.69, 9.17) is 17.3 Å². The Balaban J connectivity index is 2.73. The zero-order valence-corrected chi connectivity index (χ0v) is 9.70. The Bertz CT molecular complexity index is 462. The molecule has 18 heavy (non-hydrogen) atoms. The topological polar surface area (TPSA) is 55.1 Å². The first-order valence-electron chi connectivity index (χ1n) is 4.80. The average molecular weight is 285 g/mol. The van der Waals surface area contributed by atoms with E-state index in [-0.39, 0.29) is 10.6 Å². The Morgan fingerprint density at radius 2 is 2.00 bits per heavy atom. The molecule has 0 unspecified atom stereocenters. The predicted octanol–water partition coefficient (Wildman–Crippen LogP) is 2.74. The molecule has 0 aromatic heterocycles. The summed E-state index contributed by atoms with van der Waals surface area (Å²) in [5, 5.41) is 1.92. The number of rotatable bonds is 3. The van der Waals surface area contributed by atoms with Gasteiger partial charge in [0, 0.05) is 11.6 Å². The molecule has 0 heterocycles. The predicted molar refractivity (Wildman–Crippen MR) is 58.8 cm³/mol. The van der Waals surface area contributed by atoms with Gasteiger partial charge < -0.3 is 11.1 Å². The minimum absolute atomic E-state index is 0.0670. The summed E-state index contributed by atoms with van der Waals surface area (Å²) >= 11 is 5.52. The van der Waals surface area contributed by atoms with Gasteiger partial charge in [0.15, 0.2) is 0 Å². The van der Waals surface area contributed by atoms with Crippen LogP contribution in [0.1, 0.15) is 16.8 Å². The van der Waals surface area contributed by atoms with Gasteiger partial charge in [-0.2, -0.15) is 13.2 Å². The summed E-state index contributed by atoms with van der Waals surface area (Å²) in [6.07, 6.45) is -5.56. The van der Waals surface area contributed by atoms with Crippen LogP contribution in [0.15, 0.2) is 12.1 Å². The van der Waals surface area contributed by atoms with E-state index in [1.807, 2.05) is 5.32 Å². The summed E-state index contributed by atoms with van der Waals surface area (Å²) in [4.78, 5) is 11.5. The SMILES string of the molecule is Nc1c(F)cc(Cl)cc1C(=O)NCCC(F)(F)F. The number of nitrogens with two attached hydrogens (primary N) is 1. The molecule has 0 saturated carbocycles. The molecule has 3 nitrogen and oxygen atoms in total. The maximum Gasteiger partial charge on any atom is 0.390 e. The van der Waals surface area contributed by atoms with Crippen LogP contribution in [-0.4, -0.2) is 18.6 Å². The molecular weight excluding hydrogens is 276 g/mol. The van der Waals surface area contributed by atoms with Crippen LogP contribution in [0.3, 0.4) is 0 Å². The van der Waals surface area contributed by atoms with Crippen molar-refractivity contribution in [2.45, 2.75) is 12.6 Å². The Labute approximate surface area is 105 Å². The van der Waals surface area contributed by atoms with E-state index in [1.54, 1.807) is 0 Å². The minimum atomic E-state index is -4.38. The lowest BCUT2D eigenvalue weighted by atomic mass is 10.1. The van der Waals surface area contributed by atoms with Crippen molar-refractivity contribution in [3.8, 4) is 0 Å². The van der Waals surface area contributed by atoms with Crippen molar-refractivity contribution in [2.24, 2.45) is 0 Å². The maximum absolute atomic E-state index is 13.1. The highest BCUT2D eigenvalue weighted by molar-refractivity contribution is 6.31. The monoisotopic (exact) mass is 284 g/mol. The van der Waals surface area contributed by atoms with Gasteiger partial charge in [-0.3, -0.25) is 4.79 Å². The van der Waals surface area contributed by atoms with Crippen LogP contribution >= 0.6 is 11.6 Å². The molecule has 0 aliphatic rings. The van der Waals surface area contributed by atoms with Gasteiger partial charge in [0.25, 0.3) is 5.91 Å². The highest BCUT2D eigenvalue weighted by Crippen LogP contribution is 2.22. The van der Waals surface area contributed by atoms with Gasteiger partial charge in [0.1, 0.15) is 5.82 Å². The molecule has 1 aromatic rings. The fourth-order valence-corrected chi connectivity index (χ4v) is 1.39. The lowest BCUT2D eigenvalue weighted by Crippen LogP contribution is -2.28. The molecule has 0 fully saturated rings. The highest BCUT2D eigenvalue weighted by atomic mass is 35.5. The van der Waals surface area contributed by atoms with E-state index < -0.39 is 36.6 Å². The highest BCUT2D eigenvalue weighted by Gasteiger charge is 2.26. The quantitative estimate of drug-likeness (QED) is 0.662. The molecule has 8 heteroatoms. The number of carbonyl (C=O) groups is 1. The van der Waals surface area contributed by atoms with Gasteiger partial charge in [0.2, 0.25) is 0 Å². The summed E-state index contributed by atoms with van der Waals surface area (Å²) in [7, 11) is 0. The fraction of sp³-hybridized carbons (Fsp3) is 0.300. The van der Waals surface area contributed by atoms with Gasteiger partial charge >= 0.3 is 6.18 Å². The van der Waals surface area contributed by atoms with Crippen molar-refractivity contribution in [3.05, 3.63) is 28.5 Å². The molecule has 100 valence electrons. The van der Waals surface area contributed by atoms with Crippen LogP contribution in [0, 0.1) is 5.82 Å². The third-order valence-corrected chi connectivity index (χ3v) is 2.25. The smallest absolute Gasteiger partial charge is 0.390 e. The van der Waals surface area contributed by atoms with Crippen LogP contribution in [0.2, 0.25) is 5.02 Å². The molecule has 0 bridgehead atoms. The Hall–Kier alpha value is -1.50. The first-order valence-corrected chi connectivity index (χ1v) is 5.18. The van der Waals surface area contributed by atoms with Gasteiger partial charge in [-0.25, -0.2) is 4.39 Å². The van der Waals surface area contributed by atoms with Crippen molar-refractivity contribution in [1.82, 2.24) is 5.32 Å². The Morgan fingerprint density at radius 3 is 2.56 bits per heavy atom. The summed E-state index contributed by atoms with van der Waals surface area (Å²) in [5.74, 6) is -1.80. The normalized spacial score (nSPS) is 11.4. The summed E-state index contributed by atoms with van der Waals surface area (Å²) < 4.78 is 48.7. The van der Waals surface area contributed by atoms with Gasteiger partial charge in [-0.1, -0.05) is 11.6 Å². The van der Waals surface area contributed by atoms with E-state index >= 15 is 0 Å². The molecule has 0 atom stereocenters. The van der Waals surface area contributed by atoms with E-state index in [0.29, 0.717) is 0 Å². The van der Waals surface area contributed by atoms with Crippen molar-refractivity contribution < 1.29 is 22.4 Å². The maximum atomic E-state index is 13.1. The number of nitrogen functional groups attached to an aromatic ring is 1. The number of alkyl halides is 3. The van der Waals surface area contributed by atoms with Crippen LogP contribution in [-0.2, 0) is 0 Å². The molecule has 0 radical (unpaired) electrons. The molecule has 1 amide bonds. The van der Waals surface area contributed by atoms with E-state index in [2.05, 4.69) is 0 Å². The number of benzene rings is 1. The van der Waals surface area contributed by atoms with Crippen LogP contribution in [0.5, 0.6) is 0 Å². The second kappa shape index (κ2) is 5.43. The Kier molecular flexibility index (Phi) is 4.39. The zero-order valence-electron chi connectivity index (χ0n) is 8.94. The van der Waals surface area contributed by atoms with Crippen molar-refractivity contribution in [3.63, 3.8) is 0 Å². The van der Waals surface area contributed by atoms with Gasteiger partial charge in [0.05, 0.1) is 17.7 Å². The molecule has 0 aliphatic heterocycles. The van der Waals surface area contributed by atoms with Crippen LogP contribution < -0.4 is 11.1 Å². The van der Waals surface area contributed by atoms with Crippen LogP contribution in [0.25, 0.3) is 0 Å². The number of anilines is 1. The second-order valence-electron chi connectivity index (χ2n) is 3.47. The number of carbonyl (C=O) groups excluding carboxylic acids is 1. The number of hydrogen-bond acceptors (Lipinski definition) is 2. The first kappa shape index (κ1) is 14.6. The van der Waals surface area contributed by atoms with Crippen LogP contribution in [0.4, 0.5) is 23.2 Å². The number of hydrogen-bond donors (Lipinski definition) is 2. The van der Waals surface area contributed by atoms with Gasteiger partial charge in [-0.05, 0) is 12.1 Å². The van der Waals surface area contributed by atoms with Crippen molar-refractivity contribution >= 4 is 23.2 Å². The number of halogens is 5. The van der Waals surface area contributed by atoms with Gasteiger partial charge in [-0.15, -0.1) is 0 Å². The lowest BCUT2D eigenvalue weighted by molar-refractivity contribution is -0.132. The van der Waals surface area contributed by atoms with E-state index in [9.17, 15) is 22.4 Å². The standard InChI is InChI=1S/C10H9ClF4N2O/c11-5-3-6(8(16)7(12)4-5)9(18)17-2-1-10(13,14)15/h3-4H,1-2,16H2,(H,17,18). The molecule has 3 N–H and O–H groups in total. The number of nitrogens with one attached hydrogen (secondary N) is 1. The largest absolute Gasteiger partial charge is 0.396 e. The van der Waals surface area contributed by atoms with E-state index in [1.165, 1.54) is 0 Å². The molecule has 1 rings (SSSR count). The van der Waals surface area contributed by atoms with Crippen molar-refractivity contribution in [2.75, 3.05) is 12.3 Å². The van der Waals surface area contributed by atoms with E-state index in [0.717, 1.165) is 12.1 Å². The minimum Gasteiger partial charge on any atom is -0.396 e. The molecular formula is C10H9ClF4N2O. The third-order valence-electron chi connectivity index (χ3n) is 2.03.